The van der Waals surface area contributed by atoms with Gasteiger partial charge in [-0.2, -0.15) is 0 Å². The van der Waals surface area contributed by atoms with Gasteiger partial charge >= 0.3 is 0 Å². The van der Waals surface area contributed by atoms with Gasteiger partial charge in [-0.25, -0.2) is 0 Å². The van der Waals surface area contributed by atoms with Crippen LogP contribution in [-0.4, -0.2) is 23.6 Å². The van der Waals surface area contributed by atoms with Crippen LogP contribution in [0.5, 0.6) is 0 Å². The van der Waals surface area contributed by atoms with Gasteiger partial charge in [-0.05, 0) is 79.0 Å². The van der Waals surface area contributed by atoms with Crippen LogP contribution in [0.4, 0.5) is 5.69 Å². The number of thioether (sulfide) groups is 1. The fourth-order valence-electron chi connectivity index (χ4n) is 6.11. The number of para-hydroxylation sites is 1. The SMILES string of the molecule is CC(C)c1cccc(C(C)C)c1NC(=O)c1ccccc1SCC(=O)N[C@H](C)[C@@H]1C[C@H]2CC[C@H]1C2. The van der Waals surface area contributed by atoms with E-state index in [0.29, 0.717) is 29.1 Å². The highest BCUT2D eigenvalue weighted by Crippen LogP contribution is 2.49. The summed E-state index contributed by atoms with van der Waals surface area (Å²) in [6.45, 7) is 10.8. The zero-order chi connectivity index (χ0) is 25.1. The molecule has 2 aromatic rings. The minimum atomic E-state index is -0.126. The fraction of sp³-hybridized carbons (Fsp3) is 0.533. The van der Waals surface area contributed by atoms with Crippen molar-refractivity contribution >= 4 is 29.3 Å². The van der Waals surface area contributed by atoms with Gasteiger partial charge in [-0.15, -0.1) is 11.8 Å². The van der Waals surface area contributed by atoms with E-state index in [1.165, 1.54) is 37.4 Å². The Morgan fingerprint density at radius 3 is 2.20 bits per heavy atom. The molecule has 2 saturated carbocycles. The van der Waals surface area contributed by atoms with Gasteiger partial charge in [-0.3, -0.25) is 9.59 Å². The molecule has 5 heteroatoms. The summed E-state index contributed by atoms with van der Waals surface area (Å²) in [5.74, 6) is 3.13. The number of rotatable bonds is 9. The van der Waals surface area contributed by atoms with Crippen LogP contribution in [0.2, 0.25) is 0 Å². The molecule has 188 valence electrons. The van der Waals surface area contributed by atoms with Crippen molar-refractivity contribution in [2.75, 3.05) is 11.1 Å². The first-order valence-electron chi connectivity index (χ1n) is 13.2. The number of carbonyl (C=O) groups is 2. The van der Waals surface area contributed by atoms with E-state index < -0.39 is 0 Å². The normalized spacial score (nSPS) is 22.0. The lowest BCUT2D eigenvalue weighted by Crippen LogP contribution is -2.40. The Morgan fingerprint density at radius 1 is 0.914 bits per heavy atom. The molecule has 35 heavy (non-hydrogen) atoms. The minimum absolute atomic E-state index is 0.0488. The molecule has 0 spiro atoms. The average molecular weight is 493 g/mol. The van der Waals surface area contributed by atoms with Crippen LogP contribution in [-0.2, 0) is 4.79 Å². The molecule has 0 aliphatic heterocycles. The number of fused-ring (bicyclic) bond motifs is 2. The van der Waals surface area contributed by atoms with E-state index in [1.54, 1.807) is 0 Å². The van der Waals surface area contributed by atoms with E-state index in [0.717, 1.165) is 33.5 Å². The van der Waals surface area contributed by atoms with Gasteiger partial charge in [0, 0.05) is 16.6 Å². The highest BCUT2D eigenvalue weighted by molar-refractivity contribution is 8.00. The molecule has 2 aromatic carbocycles. The lowest BCUT2D eigenvalue weighted by atomic mass is 9.84. The van der Waals surface area contributed by atoms with Crippen LogP contribution in [0.1, 0.15) is 93.6 Å². The summed E-state index contributed by atoms with van der Waals surface area (Å²) in [7, 11) is 0. The number of carbonyl (C=O) groups excluding carboxylic acids is 2. The molecule has 0 saturated heterocycles. The van der Waals surface area contributed by atoms with Crippen molar-refractivity contribution in [3.63, 3.8) is 0 Å². The number of anilines is 1. The van der Waals surface area contributed by atoms with E-state index in [2.05, 4.69) is 63.5 Å². The van der Waals surface area contributed by atoms with Crippen LogP contribution in [0, 0.1) is 17.8 Å². The van der Waals surface area contributed by atoms with Gasteiger partial charge in [0.15, 0.2) is 0 Å². The van der Waals surface area contributed by atoms with Crippen molar-refractivity contribution in [1.82, 2.24) is 5.32 Å². The second-order valence-electron chi connectivity index (χ2n) is 11.1. The van der Waals surface area contributed by atoms with E-state index >= 15 is 0 Å². The molecule has 0 unspecified atom stereocenters. The summed E-state index contributed by atoms with van der Waals surface area (Å²) in [6.07, 6.45) is 5.31. The molecule has 2 amide bonds. The van der Waals surface area contributed by atoms with Gasteiger partial charge in [0.25, 0.3) is 5.91 Å². The number of hydrogen-bond acceptors (Lipinski definition) is 3. The molecule has 0 aromatic heterocycles. The Bertz CT molecular complexity index is 1040. The van der Waals surface area contributed by atoms with Gasteiger partial charge in [0.2, 0.25) is 5.91 Å². The summed E-state index contributed by atoms with van der Waals surface area (Å²) in [5, 5.41) is 6.46. The van der Waals surface area contributed by atoms with Crippen LogP contribution in [0.25, 0.3) is 0 Å². The predicted octanol–water partition coefficient (Wildman–Crippen LogP) is 7.22. The number of amides is 2. The van der Waals surface area contributed by atoms with Gasteiger partial charge in [0.05, 0.1) is 11.3 Å². The summed E-state index contributed by atoms with van der Waals surface area (Å²) < 4.78 is 0. The van der Waals surface area contributed by atoms with E-state index in [9.17, 15) is 9.59 Å². The molecule has 2 N–H and O–H groups in total. The van der Waals surface area contributed by atoms with Crippen LogP contribution in [0.3, 0.4) is 0 Å². The van der Waals surface area contributed by atoms with Gasteiger partial charge < -0.3 is 10.6 Å². The Hall–Kier alpha value is -2.27. The summed E-state index contributed by atoms with van der Waals surface area (Å²) >= 11 is 1.44. The Balaban J connectivity index is 1.42. The number of hydrogen-bond donors (Lipinski definition) is 2. The Labute approximate surface area is 215 Å². The minimum Gasteiger partial charge on any atom is -0.353 e. The first-order chi connectivity index (χ1) is 16.7. The third-order valence-corrected chi connectivity index (χ3v) is 9.00. The van der Waals surface area contributed by atoms with Gasteiger partial charge in [-0.1, -0.05) is 64.4 Å². The highest BCUT2D eigenvalue weighted by Gasteiger charge is 2.42. The molecule has 4 rings (SSSR count). The average Bonchev–Trinajstić information content (AvgIpc) is 3.46. The molecule has 0 radical (unpaired) electrons. The largest absolute Gasteiger partial charge is 0.353 e. The monoisotopic (exact) mass is 492 g/mol. The lowest BCUT2D eigenvalue weighted by molar-refractivity contribution is -0.119. The van der Waals surface area contributed by atoms with Crippen molar-refractivity contribution in [2.24, 2.45) is 17.8 Å². The smallest absolute Gasteiger partial charge is 0.256 e. The maximum atomic E-state index is 13.4. The summed E-state index contributed by atoms with van der Waals surface area (Å²) in [6, 6.07) is 14.1. The number of nitrogens with one attached hydrogen (secondary N) is 2. The summed E-state index contributed by atoms with van der Waals surface area (Å²) in [5.41, 5.74) is 3.81. The second-order valence-corrected chi connectivity index (χ2v) is 12.1. The molecule has 2 bridgehead atoms. The predicted molar refractivity (Wildman–Crippen MR) is 146 cm³/mol. The molecule has 2 aliphatic rings. The third-order valence-electron chi connectivity index (χ3n) is 7.93. The van der Waals surface area contributed by atoms with Crippen LogP contribution in [0.15, 0.2) is 47.4 Å². The lowest BCUT2D eigenvalue weighted by Gasteiger charge is -2.28. The van der Waals surface area contributed by atoms with E-state index in [1.807, 2.05) is 24.3 Å². The molecule has 2 fully saturated rings. The molecular weight excluding hydrogens is 452 g/mol. The zero-order valence-corrected chi connectivity index (χ0v) is 22.6. The zero-order valence-electron chi connectivity index (χ0n) is 21.8. The van der Waals surface area contributed by atoms with Gasteiger partial charge in [0.1, 0.15) is 0 Å². The molecular formula is C30H40N2O2S. The first-order valence-corrected chi connectivity index (χ1v) is 14.2. The quantitative estimate of drug-likeness (QED) is 0.363. The maximum Gasteiger partial charge on any atom is 0.256 e. The van der Waals surface area contributed by atoms with Crippen LogP contribution >= 0.6 is 11.8 Å². The van der Waals surface area contributed by atoms with E-state index in [4.69, 9.17) is 0 Å². The van der Waals surface area contributed by atoms with Crippen LogP contribution < -0.4 is 10.6 Å². The molecule has 4 atom stereocenters. The Morgan fingerprint density at radius 2 is 1.60 bits per heavy atom. The maximum absolute atomic E-state index is 13.4. The standard InChI is InChI=1S/C30H40N2O2S/c1-18(2)23-10-8-11-24(19(3)4)29(23)32-30(34)25-9-6-7-12-27(25)35-17-28(33)31-20(5)26-16-21-13-14-22(26)15-21/h6-12,18-22,26H,13-17H2,1-5H3,(H,31,33)(H,32,34)/t20-,21+,22+,26+/m1/s1. The highest BCUT2D eigenvalue weighted by atomic mass is 32.2. The van der Waals surface area contributed by atoms with E-state index in [-0.39, 0.29) is 17.9 Å². The third kappa shape index (κ3) is 5.94. The van der Waals surface area contributed by atoms with Crippen molar-refractivity contribution in [3.8, 4) is 0 Å². The Kier molecular flexibility index (Phi) is 8.26. The fourth-order valence-corrected chi connectivity index (χ4v) is 6.97. The summed E-state index contributed by atoms with van der Waals surface area (Å²) in [4.78, 5) is 27.0. The van der Waals surface area contributed by atoms with Crippen molar-refractivity contribution in [3.05, 3.63) is 59.2 Å². The molecule has 4 nitrogen and oxygen atoms in total. The van der Waals surface area contributed by atoms with Crippen molar-refractivity contribution in [2.45, 2.75) is 83.1 Å². The van der Waals surface area contributed by atoms with Crippen molar-refractivity contribution < 1.29 is 9.59 Å². The topological polar surface area (TPSA) is 58.2 Å². The molecule has 2 aliphatic carbocycles. The number of benzene rings is 2. The molecule has 0 heterocycles. The first kappa shape index (κ1) is 25.8. The second kappa shape index (κ2) is 11.2. The van der Waals surface area contributed by atoms with Crippen molar-refractivity contribution in [1.29, 1.82) is 0 Å².